The molecule has 20 heavy (non-hydrogen) atoms. The summed E-state index contributed by atoms with van der Waals surface area (Å²) in [5, 5.41) is 0. The predicted octanol–water partition coefficient (Wildman–Crippen LogP) is 4.74. The summed E-state index contributed by atoms with van der Waals surface area (Å²) >= 11 is 3.14. The SMILES string of the molecule is CCOP(=O)(OCC)SCCSCC.c1ccncc1. The van der Waals surface area contributed by atoms with E-state index in [1.807, 2.05) is 43.8 Å². The molecule has 0 unspecified atom stereocenters. The van der Waals surface area contributed by atoms with Crippen LogP contribution in [0.3, 0.4) is 0 Å². The van der Waals surface area contributed by atoms with E-state index < -0.39 is 6.80 Å². The van der Waals surface area contributed by atoms with Gasteiger partial charge in [0.25, 0.3) is 0 Å². The second-order valence-electron chi connectivity index (χ2n) is 3.34. The maximum atomic E-state index is 11.9. The molecule has 1 rings (SSSR count). The highest BCUT2D eigenvalue weighted by atomic mass is 32.7. The van der Waals surface area contributed by atoms with Crippen LogP contribution >= 0.6 is 29.9 Å². The van der Waals surface area contributed by atoms with Crippen molar-refractivity contribution in [3.05, 3.63) is 30.6 Å². The Labute approximate surface area is 130 Å². The third kappa shape index (κ3) is 11.8. The first-order chi connectivity index (χ1) is 9.68. The van der Waals surface area contributed by atoms with E-state index in [4.69, 9.17) is 9.05 Å². The molecule has 0 saturated carbocycles. The van der Waals surface area contributed by atoms with Crippen LogP contribution in [0.4, 0.5) is 0 Å². The standard InChI is InChI=1S/C8H19O3PS2.C5H5N/c1-4-10-12(9,11-5-2)14-8-7-13-6-3;1-2-4-6-5-3-1/h4-8H2,1-3H3;1-5H. The zero-order chi connectivity index (χ0) is 15.1. The molecule has 1 heterocycles. The van der Waals surface area contributed by atoms with Crippen molar-refractivity contribution in [2.45, 2.75) is 20.8 Å². The van der Waals surface area contributed by atoms with Gasteiger partial charge in [-0.3, -0.25) is 4.98 Å². The third-order valence-corrected chi connectivity index (χ3v) is 6.96. The summed E-state index contributed by atoms with van der Waals surface area (Å²) < 4.78 is 22.2. The summed E-state index contributed by atoms with van der Waals surface area (Å²) in [4.78, 5) is 3.78. The van der Waals surface area contributed by atoms with Crippen molar-refractivity contribution in [3.8, 4) is 0 Å². The van der Waals surface area contributed by atoms with Gasteiger partial charge in [0.15, 0.2) is 0 Å². The first kappa shape index (κ1) is 20.0. The van der Waals surface area contributed by atoms with Gasteiger partial charge >= 0.3 is 6.80 Å². The Hall–Kier alpha value is -0.0000000000000000555. The van der Waals surface area contributed by atoms with Gasteiger partial charge in [-0.25, -0.2) is 4.57 Å². The summed E-state index contributed by atoms with van der Waals surface area (Å²) in [6, 6.07) is 5.72. The van der Waals surface area contributed by atoms with Gasteiger partial charge in [-0.05, 0) is 43.1 Å². The molecule has 0 aromatic carbocycles. The fraction of sp³-hybridized carbons (Fsp3) is 0.615. The lowest BCUT2D eigenvalue weighted by Gasteiger charge is -2.15. The number of aromatic nitrogens is 1. The smallest absolute Gasteiger partial charge is 0.301 e. The highest BCUT2D eigenvalue weighted by Crippen LogP contribution is 2.60. The van der Waals surface area contributed by atoms with Crippen LogP contribution in [0.1, 0.15) is 20.8 Å². The van der Waals surface area contributed by atoms with Crippen molar-refractivity contribution in [1.82, 2.24) is 4.98 Å². The third-order valence-electron chi connectivity index (χ3n) is 1.82. The van der Waals surface area contributed by atoms with Crippen molar-refractivity contribution in [2.24, 2.45) is 0 Å². The Morgan fingerprint density at radius 2 is 1.60 bits per heavy atom. The highest BCUT2D eigenvalue weighted by molar-refractivity contribution is 8.55. The molecule has 0 bridgehead atoms. The van der Waals surface area contributed by atoms with Gasteiger partial charge in [0.05, 0.1) is 13.2 Å². The topological polar surface area (TPSA) is 48.4 Å². The molecule has 0 radical (unpaired) electrons. The van der Waals surface area contributed by atoms with E-state index in [1.165, 1.54) is 11.4 Å². The van der Waals surface area contributed by atoms with E-state index >= 15 is 0 Å². The van der Waals surface area contributed by atoms with Crippen molar-refractivity contribution in [1.29, 1.82) is 0 Å². The molecule has 0 N–H and O–H groups in total. The number of thioether (sulfide) groups is 1. The Morgan fingerprint density at radius 3 is 1.95 bits per heavy atom. The van der Waals surface area contributed by atoms with Gasteiger partial charge in [-0.15, -0.1) is 0 Å². The number of rotatable bonds is 9. The van der Waals surface area contributed by atoms with Crippen LogP contribution in [0.2, 0.25) is 0 Å². The average Bonchev–Trinajstić information content (AvgIpc) is 2.47. The molecule has 0 aliphatic rings. The molecule has 1 aromatic rings. The summed E-state index contributed by atoms with van der Waals surface area (Å²) in [5.41, 5.74) is 0. The molecular weight excluding hydrogens is 313 g/mol. The summed E-state index contributed by atoms with van der Waals surface area (Å²) in [5.74, 6) is 2.90. The Bertz CT molecular complexity index is 318. The summed E-state index contributed by atoms with van der Waals surface area (Å²) in [6.07, 6.45) is 3.50. The van der Waals surface area contributed by atoms with Gasteiger partial charge in [0.1, 0.15) is 0 Å². The normalized spacial score (nSPS) is 10.8. The molecule has 0 spiro atoms. The molecular formula is C13H24NO3PS2. The van der Waals surface area contributed by atoms with Gasteiger partial charge in [-0.1, -0.05) is 13.0 Å². The quantitative estimate of drug-likeness (QED) is 0.479. The lowest BCUT2D eigenvalue weighted by molar-refractivity contribution is 0.237. The molecule has 0 aliphatic carbocycles. The number of hydrogen-bond donors (Lipinski definition) is 0. The Balaban J connectivity index is 0.000000493. The van der Waals surface area contributed by atoms with Crippen LogP contribution in [-0.4, -0.2) is 35.5 Å². The van der Waals surface area contributed by atoms with Crippen LogP contribution in [0.25, 0.3) is 0 Å². The fourth-order valence-electron chi connectivity index (χ4n) is 1.09. The number of nitrogens with zero attached hydrogens (tertiary/aromatic N) is 1. The van der Waals surface area contributed by atoms with E-state index in [2.05, 4.69) is 11.9 Å². The lowest BCUT2D eigenvalue weighted by atomic mass is 10.5. The second-order valence-corrected chi connectivity index (χ2v) is 8.92. The minimum Gasteiger partial charge on any atom is -0.301 e. The Kier molecular flexibility index (Phi) is 14.0. The average molecular weight is 337 g/mol. The van der Waals surface area contributed by atoms with E-state index in [0.717, 1.165) is 17.3 Å². The van der Waals surface area contributed by atoms with E-state index in [-0.39, 0.29) is 0 Å². The van der Waals surface area contributed by atoms with Crippen molar-refractivity contribution < 1.29 is 13.6 Å². The van der Waals surface area contributed by atoms with Gasteiger partial charge in [-0.2, -0.15) is 11.8 Å². The van der Waals surface area contributed by atoms with E-state index in [9.17, 15) is 4.57 Å². The molecule has 0 aliphatic heterocycles. The molecule has 0 fully saturated rings. The first-order valence-electron chi connectivity index (χ1n) is 6.64. The molecule has 7 heteroatoms. The van der Waals surface area contributed by atoms with Crippen molar-refractivity contribution in [3.63, 3.8) is 0 Å². The van der Waals surface area contributed by atoms with Crippen molar-refractivity contribution >= 4 is 29.9 Å². The largest absolute Gasteiger partial charge is 0.389 e. The molecule has 116 valence electrons. The number of pyridine rings is 1. The van der Waals surface area contributed by atoms with E-state index in [1.54, 1.807) is 12.4 Å². The number of hydrogen-bond acceptors (Lipinski definition) is 6. The predicted molar refractivity (Wildman–Crippen MR) is 90.6 cm³/mol. The monoisotopic (exact) mass is 337 g/mol. The van der Waals surface area contributed by atoms with Crippen LogP contribution in [0.15, 0.2) is 30.6 Å². The zero-order valence-corrected chi connectivity index (χ0v) is 14.9. The fourth-order valence-corrected chi connectivity index (χ4v) is 5.65. The Morgan fingerprint density at radius 1 is 1.00 bits per heavy atom. The molecule has 0 saturated heterocycles. The zero-order valence-electron chi connectivity index (χ0n) is 12.4. The highest BCUT2D eigenvalue weighted by Gasteiger charge is 2.23. The summed E-state index contributed by atoms with van der Waals surface area (Å²) in [6.45, 7) is 3.78. The van der Waals surface area contributed by atoms with Gasteiger partial charge in [0.2, 0.25) is 0 Å². The minimum absolute atomic E-state index is 0.436. The van der Waals surface area contributed by atoms with Gasteiger partial charge < -0.3 is 9.05 Å². The minimum atomic E-state index is -2.86. The van der Waals surface area contributed by atoms with E-state index in [0.29, 0.717) is 13.2 Å². The molecule has 1 aromatic heterocycles. The van der Waals surface area contributed by atoms with Crippen LogP contribution in [0.5, 0.6) is 0 Å². The lowest BCUT2D eigenvalue weighted by Crippen LogP contribution is -1.94. The molecule has 0 amide bonds. The maximum Gasteiger partial charge on any atom is 0.389 e. The van der Waals surface area contributed by atoms with Gasteiger partial charge in [0, 0.05) is 23.9 Å². The molecule has 0 atom stereocenters. The van der Waals surface area contributed by atoms with Crippen LogP contribution in [0, 0.1) is 0 Å². The van der Waals surface area contributed by atoms with Crippen molar-refractivity contribution in [2.75, 3.05) is 30.5 Å². The van der Waals surface area contributed by atoms with Crippen LogP contribution in [-0.2, 0) is 13.6 Å². The maximum absolute atomic E-state index is 11.9. The van der Waals surface area contributed by atoms with Crippen LogP contribution < -0.4 is 0 Å². The summed E-state index contributed by atoms with van der Waals surface area (Å²) in [7, 11) is 0. The second kappa shape index (κ2) is 14.0. The first-order valence-corrected chi connectivity index (χ1v) is 10.9. The molecule has 4 nitrogen and oxygen atoms in total.